The first kappa shape index (κ1) is 22.6. The summed E-state index contributed by atoms with van der Waals surface area (Å²) >= 11 is 1.70. The SMILES string of the molecule is CCN(CC)S(=O)(=O)c1ccc2[nH]c(=O)cc(C(=O)N3CCCSc4ccccc43)c2c1. The molecule has 4 rings (SSSR count). The number of rotatable bonds is 5. The molecular weight excluding hydrogens is 446 g/mol. The maximum atomic E-state index is 13.7. The molecular formula is C23H25N3O4S2. The molecule has 1 aromatic heterocycles. The van der Waals surface area contributed by atoms with E-state index in [1.54, 1.807) is 36.6 Å². The molecule has 0 unspecified atom stereocenters. The van der Waals surface area contributed by atoms with Gasteiger partial charge in [0.2, 0.25) is 15.6 Å². The number of H-pyrrole nitrogens is 1. The third kappa shape index (κ3) is 4.07. The first-order chi connectivity index (χ1) is 15.4. The maximum Gasteiger partial charge on any atom is 0.259 e. The van der Waals surface area contributed by atoms with Gasteiger partial charge in [0.15, 0.2) is 0 Å². The average molecular weight is 472 g/mol. The van der Waals surface area contributed by atoms with E-state index in [1.807, 2.05) is 24.3 Å². The zero-order valence-electron chi connectivity index (χ0n) is 18.0. The molecule has 1 N–H and O–H groups in total. The molecule has 1 amide bonds. The highest BCUT2D eigenvalue weighted by atomic mass is 32.2. The van der Waals surface area contributed by atoms with E-state index in [0.717, 1.165) is 22.8 Å². The molecule has 0 spiro atoms. The Bertz CT molecular complexity index is 1330. The Balaban J connectivity index is 1.87. The monoisotopic (exact) mass is 471 g/mol. The van der Waals surface area contributed by atoms with Gasteiger partial charge in [-0.3, -0.25) is 9.59 Å². The van der Waals surface area contributed by atoms with Crippen LogP contribution in [0, 0.1) is 0 Å². The maximum absolute atomic E-state index is 13.7. The summed E-state index contributed by atoms with van der Waals surface area (Å²) in [5, 5.41) is 0.414. The molecule has 7 nitrogen and oxygen atoms in total. The molecule has 9 heteroatoms. The predicted octanol–water partition coefficient (Wildman–Crippen LogP) is 3.70. The Morgan fingerprint density at radius 1 is 1.12 bits per heavy atom. The molecule has 0 bridgehead atoms. The van der Waals surface area contributed by atoms with Gasteiger partial charge in [-0.15, -0.1) is 11.8 Å². The van der Waals surface area contributed by atoms with Gasteiger partial charge >= 0.3 is 0 Å². The van der Waals surface area contributed by atoms with Gasteiger partial charge in [-0.1, -0.05) is 26.0 Å². The molecule has 168 valence electrons. The van der Waals surface area contributed by atoms with Crippen LogP contribution in [-0.2, 0) is 10.0 Å². The predicted molar refractivity (Wildman–Crippen MR) is 128 cm³/mol. The topological polar surface area (TPSA) is 90.5 Å². The number of hydrogen-bond donors (Lipinski definition) is 1. The zero-order chi connectivity index (χ0) is 22.9. The lowest BCUT2D eigenvalue weighted by Gasteiger charge is -2.23. The second kappa shape index (κ2) is 9.09. The number of aromatic nitrogens is 1. The number of amides is 1. The fourth-order valence-corrected chi connectivity index (χ4v) is 6.45. The van der Waals surface area contributed by atoms with Gasteiger partial charge in [0.1, 0.15) is 0 Å². The molecule has 2 heterocycles. The van der Waals surface area contributed by atoms with Gasteiger partial charge in [0.25, 0.3) is 5.91 Å². The van der Waals surface area contributed by atoms with Gasteiger partial charge in [-0.25, -0.2) is 8.42 Å². The largest absolute Gasteiger partial charge is 0.322 e. The number of hydrogen-bond acceptors (Lipinski definition) is 5. The Kier molecular flexibility index (Phi) is 6.41. The highest BCUT2D eigenvalue weighted by molar-refractivity contribution is 7.99. The Morgan fingerprint density at radius 2 is 1.88 bits per heavy atom. The molecule has 1 aliphatic heterocycles. The molecule has 0 atom stereocenters. The van der Waals surface area contributed by atoms with Crippen LogP contribution in [0.2, 0.25) is 0 Å². The number of sulfonamides is 1. The minimum atomic E-state index is -3.71. The van der Waals surface area contributed by atoms with Crippen molar-refractivity contribution in [1.82, 2.24) is 9.29 Å². The third-order valence-corrected chi connectivity index (χ3v) is 8.77. The molecule has 0 aliphatic carbocycles. The van der Waals surface area contributed by atoms with Crippen LogP contribution in [0.15, 0.2) is 63.1 Å². The number of thioether (sulfide) groups is 1. The van der Waals surface area contributed by atoms with E-state index in [4.69, 9.17) is 0 Å². The number of nitrogens with one attached hydrogen (secondary N) is 1. The summed E-state index contributed by atoms with van der Waals surface area (Å²) in [5.41, 5.74) is 1.02. The zero-order valence-corrected chi connectivity index (χ0v) is 19.6. The van der Waals surface area contributed by atoms with E-state index in [0.29, 0.717) is 30.5 Å². The number of fused-ring (bicyclic) bond motifs is 2. The van der Waals surface area contributed by atoms with Gasteiger partial charge in [-0.05, 0) is 42.5 Å². The first-order valence-corrected chi connectivity index (χ1v) is 13.0. The van der Waals surface area contributed by atoms with Crippen molar-refractivity contribution in [2.24, 2.45) is 0 Å². The summed E-state index contributed by atoms with van der Waals surface area (Å²) in [7, 11) is -3.71. The lowest BCUT2D eigenvalue weighted by atomic mass is 10.1. The number of benzene rings is 2. The summed E-state index contributed by atoms with van der Waals surface area (Å²) in [6, 6.07) is 13.5. The van der Waals surface area contributed by atoms with Crippen LogP contribution >= 0.6 is 11.8 Å². The van der Waals surface area contributed by atoms with Gasteiger partial charge in [0.05, 0.1) is 16.1 Å². The number of nitrogens with zero attached hydrogens (tertiary/aromatic N) is 2. The fourth-order valence-electron chi connectivity index (χ4n) is 3.97. The van der Waals surface area contributed by atoms with Crippen LogP contribution < -0.4 is 10.5 Å². The molecule has 0 saturated heterocycles. The fraction of sp³-hybridized carbons (Fsp3) is 0.304. The quantitative estimate of drug-likeness (QED) is 0.613. The van der Waals surface area contributed by atoms with E-state index < -0.39 is 15.6 Å². The van der Waals surface area contributed by atoms with Crippen molar-refractivity contribution in [3.63, 3.8) is 0 Å². The third-order valence-electron chi connectivity index (χ3n) is 5.57. The van der Waals surface area contributed by atoms with Crippen LogP contribution in [-0.4, -0.2) is 49.0 Å². The van der Waals surface area contributed by atoms with Crippen molar-refractivity contribution in [3.05, 3.63) is 64.4 Å². The molecule has 3 aromatic rings. The van der Waals surface area contributed by atoms with Crippen LogP contribution in [0.25, 0.3) is 10.9 Å². The molecule has 0 fully saturated rings. The number of aromatic amines is 1. The highest BCUT2D eigenvalue weighted by Gasteiger charge is 2.26. The van der Waals surface area contributed by atoms with Crippen LogP contribution in [0.3, 0.4) is 0 Å². The first-order valence-electron chi connectivity index (χ1n) is 10.6. The van der Waals surface area contributed by atoms with Gasteiger partial charge < -0.3 is 9.88 Å². The average Bonchev–Trinajstić information content (AvgIpc) is 3.01. The Hall–Kier alpha value is -2.62. The number of para-hydroxylation sites is 1. The Morgan fingerprint density at radius 3 is 2.62 bits per heavy atom. The lowest BCUT2D eigenvalue weighted by molar-refractivity contribution is 0.0988. The van der Waals surface area contributed by atoms with Crippen molar-refractivity contribution in [2.45, 2.75) is 30.1 Å². The van der Waals surface area contributed by atoms with Crippen molar-refractivity contribution in [3.8, 4) is 0 Å². The van der Waals surface area contributed by atoms with Crippen LogP contribution in [0.1, 0.15) is 30.6 Å². The number of carbonyl (C=O) groups is 1. The summed E-state index contributed by atoms with van der Waals surface area (Å²) in [4.78, 5) is 31.5. The minimum absolute atomic E-state index is 0.0987. The van der Waals surface area contributed by atoms with E-state index in [9.17, 15) is 18.0 Å². The number of pyridine rings is 1. The lowest BCUT2D eigenvalue weighted by Crippen LogP contribution is -2.33. The van der Waals surface area contributed by atoms with E-state index in [-0.39, 0.29) is 16.4 Å². The second-order valence-electron chi connectivity index (χ2n) is 7.47. The van der Waals surface area contributed by atoms with Crippen molar-refractivity contribution < 1.29 is 13.2 Å². The minimum Gasteiger partial charge on any atom is -0.322 e. The molecule has 0 saturated carbocycles. The molecule has 32 heavy (non-hydrogen) atoms. The van der Waals surface area contributed by atoms with Gasteiger partial charge in [-0.2, -0.15) is 4.31 Å². The van der Waals surface area contributed by atoms with E-state index in [2.05, 4.69) is 4.98 Å². The number of carbonyl (C=O) groups excluding carboxylic acids is 1. The van der Waals surface area contributed by atoms with Crippen LogP contribution in [0.4, 0.5) is 5.69 Å². The van der Waals surface area contributed by atoms with Crippen molar-refractivity contribution >= 4 is 44.3 Å². The summed E-state index contributed by atoms with van der Waals surface area (Å²) in [5.74, 6) is 0.580. The van der Waals surface area contributed by atoms with E-state index >= 15 is 0 Å². The van der Waals surface area contributed by atoms with Crippen molar-refractivity contribution in [1.29, 1.82) is 0 Å². The molecule has 0 radical (unpaired) electrons. The summed E-state index contributed by atoms with van der Waals surface area (Å²) in [6.07, 6.45) is 0.813. The molecule has 1 aliphatic rings. The second-order valence-corrected chi connectivity index (χ2v) is 10.5. The number of anilines is 1. The molecule has 2 aromatic carbocycles. The standard InChI is InChI=1S/C23H25N3O4S2/c1-3-25(4-2)32(29,30)16-10-11-19-17(14-16)18(15-22(27)24-19)23(28)26-12-7-13-31-21-9-6-5-8-20(21)26/h5-6,8-11,14-15H,3-4,7,12-13H2,1-2H3,(H,24,27). The highest BCUT2D eigenvalue weighted by Crippen LogP contribution is 2.35. The smallest absolute Gasteiger partial charge is 0.259 e. The normalized spacial score (nSPS) is 14.4. The summed E-state index contributed by atoms with van der Waals surface area (Å²) < 4.78 is 27.5. The summed E-state index contributed by atoms with van der Waals surface area (Å²) in [6.45, 7) is 4.77. The van der Waals surface area contributed by atoms with Crippen molar-refractivity contribution in [2.75, 3.05) is 30.3 Å². The van der Waals surface area contributed by atoms with E-state index in [1.165, 1.54) is 22.5 Å². The van der Waals surface area contributed by atoms with Gasteiger partial charge in [0, 0.05) is 41.5 Å². The Labute approximate surface area is 191 Å². The van der Waals surface area contributed by atoms with Crippen LogP contribution in [0.5, 0.6) is 0 Å².